The molecule has 4 N–H and O–H groups in total. The van der Waals surface area contributed by atoms with Crippen molar-refractivity contribution in [3.63, 3.8) is 0 Å². The standard InChI is InChI=1S/C12H14ClN3O4S/c1-6-4-7(13)10(5-8(6)14)21(19,20)16-9-2-3-11(17)15-12(9)18/h4-5,9,16H,2-3,14H2,1H3,(H,15,17,18). The van der Waals surface area contributed by atoms with Crippen LogP contribution in [0.5, 0.6) is 0 Å². The Morgan fingerprint density at radius 1 is 1.38 bits per heavy atom. The molecule has 1 fully saturated rings. The van der Waals surface area contributed by atoms with Crippen molar-refractivity contribution in [2.75, 3.05) is 5.73 Å². The summed E-state index contributed by atoms with van der Waals surface area (Å²) in [7, 11) is -4.01. The Morgan fingerprint density at radius 3 is 2.67 bits per heavy atom. The van der Waals surface area contributed by atoms with Crippen LogP contribution in [-0.2, 0) is 19.6 Å². The van der Waals surface area contributed by atoms with Gasteiger partial charge in [0.1, 0.15) is 10.9 Å². The molecule has 1 heterocycles. The van der Waals surface area contributed by atoms with Crippen LogP contribution in [-0.4, -0.2) is 26.3 Å². The van der Waals surface area contributed by atoms with Crippen LogP contribution >= 0.6 is 11.6 Å². The highest BCUT2D eigenvalue weighted by Gasteiger charge is 2.31. The van der Waals surface area contributed by atoms with E-state index in [1.54, 1.807) is 6.92 Å². The monoisotopic (exact) mass is 331 g/mol. The number of anilines is 1. The number of halogens is 1. The molecule has 2 amide bonds. The lowest BCUT2D eigenvalue weighted by molar-refractivity contribution is -0.134. The third-order valence-corrected chi connectivity index (χ3v) is 5.08. The summed E-state index contributed by atoms with van der Waals surface area (Å²) in [5.74, 6) is -1.10. The van der Waals surface area contributed by atoms with Crippen LogP contribution in [0.2, 0.25) is 5.02 Å². The van der Waals surface area contributed by atoms with E-state index >= 15 is 0 Å². The van der Waals surface area contributed by atoms with Crippen molar-refractivity contribution in [3.05, 3.63) is 22.7 Å². The van der Waals surface area contributed by atoms with Crippen molar-refractivity contribution in [3.8, 4) is 0 Å². The van der Waals surface area contributed by atoms with Crippen LogP contribution in [0.25, 0.3) is 0 Å². The third kappa shape index (κ3) is 3.34. The zero-order valence-corrected chi connectivity index (χ0v) is 12.7. The van der Waals surface area contributed by atoms with E-state index < -0.39 is 27.9 Å². The number of benzene rings is 1. The Bertz CT molecular complexity index is 717. The first-order valence-corrected chi connectivity index (χ1v) is 7.98. The van der Waals surface area contributed by atoms with Gasteiger partial charge >= 0.3 is 0 Å². The number of hydrogen-bond donors (Lipinski definition) is 3. The van der Waals surface area contributed by atoms with E-state index in [9.17, 15) is 18.0 Å². The number of nitrogen functional groups attached to an aromatic ring is 1. The number of carbonyl (C=O) groups is 2. The smallest absolute Gasteiger partial charge is 0.244 e. The van der Waals surface area contributed by atoms with Gasteiger partial charge in [-0.1, -0.05) is 11.6 Å². The molecular formula is C12H14ClN3O4S. The molecule has 1 aliphatic heterocycles. The summed E-state index contributed by atoms with van der Waals surface area (Å²) in [4.78, 5) is 22.4. The topological polar surface area (TPSA) is 118 Å². The maximum atomic E-state index is 12.3. The number of carbonyl (C=O) groups excluding carboxylic acids is 2. The number of hydrogen-bond acceptors (Lipinski definition) is 5. The Kier molecular flexibility index (Phi) is 4.22. The summed E-state index contributed by atoms with van der Waals surface area (Å²) in [6.07, 6.45) is 0.172. The minimum Gasteiger partial charge on any atom is -0.398 e. The lowest BCUT2D eigenvalue weighted by Gasteiger charge is -2.22. The van der Waals surface area contributed by atoms with Crippen molar-refractivity contribution < 1.29 is 18.0 Å². The van der Waals surface area contributed by atoms with Crippen molar-refractivity contribution in [1.82, 2.24) is 10.0 Å². The molecule has 1 saturated heterocycles. The number of piperidine rings is 1. The Morgan fingerprint density at radius 2 is 2.05 bits per heavy atom. The summed E-state index contributed by atoms with van der Waals surface area (Å²) in [5, 5.41) is 2.09. The summed E-state index contributed by atoms with van der Waals surface area (Å²) in [6.45, 7) is 1.70. The van der Waals surface area contributed by atoms with Gasteiger partial charge in [0.25, 0.3) is 0 Å². The van der Waals surface area contributed by atoms with Crippen LogP contribution in [0, 0.1) is 6.92 Å². The van der Waals surface area contributed by atoms with Gasteiger partial charge in [-0.05, 0) is 31.0 Å². The highest BCUT2D eigenvalue weighted by Crippen LogP contribution is 2.27. The van der Waals surface area contributed by atoms with Gasteiger partial charge in [0.05, 0.1) is 5.02 Å². The number of sulfonamides is 1. The fraction of sp³-hybridized carbons (Fsp3) is 0.333. The molecule has 0 saturated carbocycles. The van der Waals surface area contributed by atoms with Crippen LogP contribution < -0.4 is 15.8 Å². The van der Waals surface area contributed by atoms with Crippen molar-refractivity contribution in [1.29, 1.82) is 0 Å². The predicted octanol–water partition coefficient (Wildman–Crippen LogP) is 0.314. The normalized spacial score (nSPS) is 19.4. The molecule has 1 atom stereocenters. The predicted molar refractivity (Wildman–Crippen MR) is 77.1 cm³/mol. The molecule has 0 spiro atoms. The van der Waals surface area contributed by atoms with E-state index in [1.807, 2.05) is 0 Å². The molecule has 2 rings (SSSR count). The number of aryl methyl sites for hydroxylation is 1. The van der Waals surface area contributed by atoms with E-state index in [1.165, 1.54) is 12.1 Å². The first-order chi connectivity index (χ1) is 9.70. The van der Waals surface area contributed by atoms with Crippen LogP contribution in [0.1, 0.15) is 18.4 Å². The van der Waals surface area contributed by atoms with Crippen molar-refractivity contribution in [2.45, 2.75) is 30.7 Å². The molecule has 1 unspecified atom stereocenters. The molecule has 7 nitrogen and oxygen atoms in total. The lowest BCUT2D eigenvalue weighted by atomic mass is 10.1. The van der Waals surface area contributed by atoms with E-state index in [2.05, 4.69) is 10.0 Å². The van der Waals surface area contributed by atoms with E-state index in [0.717, 1.165) is 0 Å². The fourth-order valence-electron chi connectivity index (χ4n) is 1.93. The molecule has 1 aromatic rings. The van der Waals surface area contributed by atoms with Crippen LogP contribution in [0.3, 0.4) is 0 Å². The Hall–Kier alpha value is -1.64. The number of imide groups is 1. The van der Waals surface area contributed by atoms with E-state index in [4.69, 9.17) is 17.3 Å². The zero-order chi connectivity index (χ0) is 15.8. The van der Waals surface area contributed by atoms with Gasteiger partial charge in [-0.3, -0.25) is 14.9 Å². The Labute approximate surface area is 126 Å². The third-order valence-electron chi connectivity index (χ3n) is 3.15. The lowest BCUT2D eigenvalue weighted by Crippen LogP contribution is -2.52. The zero-order valence-electron chi connectivity index (χ0n) is 11.1. The van der Waals surface area contributed by atoms with Gasteiger partial charge in [0.2, 0.25) is 21.8 Å². The van der Waals surface area contributed by atoms with E-state index in [0.29, 0.717) is 5.56 Å². The van der Waals surface area contributed by atoms with Crippen LogP contribution in [0.15, 0.2) is 17.0 Å². The first-order valence-electron chi connectivity index (χ1n) is 6.12. The second kappa shape index (κ2) is 5.63. The largest absolute Gasteiger partial charge is 0.398 e. The highest BCUT2D eigenvalue weighted by atomic mass is 35.5. The van der Waals surface area contributed by atoms with Gasteiger partial charge in [-0.2, -0.15) is 4.72 Å². The minimum absolute atomic E-state index is 0.0153. The van der Waals surface area contributed by atoms with Gasteiger partial charge in [-0.25, -0.2) is 8.42 Å². The molecule has 0 bridgehead atoms. The summed E-state index contributed by atoms with van der Waals surface area (Å²) >= 11 is 5.93. The molecule has 0 radical (unpaired) electrons. The second-order valence-electron chi connectivity index (χ2n) is 4.76. The summed E-state index contributed by atoms with van der Waals surface area (Å²) < 4.78 is 26.8. The molecule has 1 aliphatic rings. The molecule has 21 heavy (non-hydrogen) atoms. The van der Waals surface area contributed by atoms with Gasteiger partial charge < -0.3 is 5.73 Å². The minimum atomic E-state index is -4.01. The molecule has 0 aliphatic carbocycles. The van der Waals surface area contributed by atoms with Crippen LogP contribution in [0.4, 0.5) is 5.69 Å². The quantitative estimate of drug-likeness (QED) is 0.544. The molecule has 9 heteroatoms. The number of amides is 2. The number of rotatable bonds is 3. The number of nitrogens with one attached hydrogen (secondary N) is 2. The average Bonchev–Trinajstić information content (AvgIpc) is 2.37. The first kappa shape index (κ1) is 15.7. The molecule has 1 aromatic carbocycles. The Balaban J connectivity index is 2.29. The second-order valence-corrected chi connectivity index (χ2v) is 6.85. The average molecular weight is 332 g/mol. The van der Waals surface area contributed by atoms with Gasteiger partial charge in [-0.15, -0.1) is 0 Å². The molecular weight excluding hydrogens is 318 g/mol. The van der Waals surface area contributed by atoms with Gasteiger partial charge in [0.15, 0.2) is 0 Å². The SMILES string of the molecule is Cc1cc(Cl)c(S(=O)(=O)NC2CCC(=O)NC2=O)cc1N. The summed E-state index contributed by atoms with van der Waals surface area (Å²) in [5.41, 5.74) is 6.62. The maximum Gasteiger partial charge on any atom is 0.244 e. The summed E-state index contributed by atoms with van der Waals surface area (Å²) in [6, 6.07) is 1.67. The number of nitrogens with two attached hydrogens (primary N) is 1. The van der Waals surface area contributed by atoms with E-state index in [-0.39, 0.29) is 28.4 Å². The van der Waals surface area contributed by atoms with Crippen molar-refractivity contribution >= 4 is 39.1 Å². The fourth-order valence-corrected chi connectivity index (χ4v) is 3.78. The molecule has 114 valence electrons. The maximum absolute atomic E-state index is 12.3. The van der Waals surface area contributed by atoms with Crippen molar-refractivity contribution in [2.24, 2.45) is 0 Å². The van der Waals surface area contributed by atoms with Gasteiger partial charge in [0, 0.05) is 12.1 Å². The molecule has 0 aromatic heterocycles. The highest BCUT2D eigenvalue weighted by molar-refractivity contribution is 7.89.